The van der Waals surface area contributed by atoms with Gasteiger partial charge in [-0.25, -0.2) is 8.42 Å². The highest BCUT2D eigenvalue weighted by molar-refractivity contribution is 7.88. The van der Waals surface area contributed by atoms with Crippen molar-refractivity contribution in [2.75, 3.05) is 38.2 Å². The highest BCUT2D eigenvalue weighted by Gasteiger charge is 2.26. The van der Waals surface area contributed by atoms with Gasteiger partial charge in [0, 0.05) is 37.9 Å². The van der Waals surface area contributed by atoms with Gasteiger partial charge in [0.15, 0.2) is 0 Å². The molecule has 1 aromatic carbocycles. The van der Waals surface area contributed by atoms with E-state index in [4.69, 9.17) is 5.73 Å². The monoisotopic (exact) mass is 283 g/mol. The van der Waals surface area contributed by atoms with Crippen LogP contribution in [-0.2, 0) is 10.0 Å². The van der Waals surface area contributed by atoms with Gasteiger partial charge >= 0.3 is 0 Å². The van der Waals surface area contributed by atoms with Gasteiger partial charge in [-0.15, -0.1) is 0 Å². The number of sulfonamides is 1. The number of piperazine rings is 1. The van der Waals surface area contributed by atoms with E-state index < -0.39 is 10.0 Å². The number of nitrogens with zero attached hydrogens (tertiary/aromatic N) is 2. The number of hydrogen-bond acceptors (Lipinski definition) is 4. The molecule has 1 aromatic rings. The molecule has 106 valence electrons. The zero-order chi connectivity index (χ0) is 14.0. The Morgan fingerprint density at radius 1 is 1.11 bits per heavy atom. The molecule has 19 heavy (non-hydrogen) atoms. The van der Waals surface area contributed by atoms with Crippen molar-refractivity contribution in [3.63, 3.8) is 0 Å². The van der Waals surface area contributed by atoms with Crippen LogP contribution >= 0.6 is 0 Å². The summed E-state index contributed by atoms with van der Waals surface area (Å²) in [6, 6.07) is 8.14. The van der Waals surface area contributed by atoms with Gasteiger partial charge in [0.25, 0.3) is 0 Å². The summed E-state index contributed by atoms with van der Waals surface area (Å²) in [5.41, 5.74) is 7.66. The quantitative estimate of drug-likeness (QED) is 0.837. The molecule has 1 unspecified atom stereocenters. The maximum atomic E-state index is 11.5. The SMILES string of the molecule is CC(c1ccc(N)cc1)N1CCN(S(C)(=O)=O)CC1. The van der Waals surface area contributed by atoms with E-state index in [1.807, 2.05) is 24.3 Å². The Morgan fingerprint density at radius 3 is 2.11 bits per heavy atom. The van der Waals surface area contributed by atoms with Gasteiger partial charge in [-0.1, -0.05) is 12.1 Å². The molecule has 1 saturated heterocycles. The van der Waals surface area contributed by atoms with Crippen LogP contribution in [0.25, 0.3) is 0 Å². The summed E-state index contributed by atoms with van der Waals surface area (Å²) < 4.78 is 24.5. The number of anilines is 1. The first-order valence-electron chi connectivity index (χ1n) is 6.42. The zero-order valence-corrected chi connectivity index (χ0v) is 12.2. The third-order valence-corrected chi connectivity index (χ3v) is 5.01. The molecule has 0 radical (unpaired) electrons. The number of hydrogen-bond donors (Lipinski definition) is 1. The van der Waals surface area contributed by atoms with Crippen molar-refractivity contribution >= 4 is 15.7 Å². The van der Waals surface area contributed by atoms with Crippen molar-refractivity contribution in [3.8, 4) is 0 Å². The third-order valence-electron chi connectivity index (χ3n) is 3.71. The molecule has 6 heteroatoms. The van der Waals surface area contributed by atoms with E-state index in [0.717, 1.165) is 18.8 Å². The van der Waals surface area contributed by atoms with E-state index in [-0.39, 0.29) is 6.04 Å². The molecule has 1 fully saturated rings. The highest BCUT2D eigenvalue weighted by atomic mass is 32.2. The minimum absolute atomic E-state index is 0.280. The molecule has 0 spiro atoms. The summed E-state index contributed by atoms with van der Waals surface area (Å²) in [4.78, 5) is 2.30. The topological polar surface area (TPSA) is 66.6 Å². The van der Waals surface area contributed by atoms with Crippen LogP contribution in [0.4, 0.5) is 5.69 Å². The van der Waals surface area contributed by atoms with E-state index in [0.29, 0.717) is 13.1 Å². The van der Waals surface area contributed by atoms with Crippen LogP contribution in [0.3, 0.4) is 0 Å². The molecule has 1 heterocycles. The van der Waals surface area contributed by atoms with Gasteiger partial charge in [-0.3, -0.25) is 4.90 Å². The van der Waals surface area contributed by atoms with Gasteiger partial charge in [0.1, 0.15) is 0 Å². The molecule has 5 nitrogen and oxygen atoms in total. The predicted molar refractivity (Wildman–Crippen MR) is 77.3 cm³/mol. The minimum Gasteiger partial charge on any atom is -0.399 e. The average Bonchev–Trinajstić information content (AvgIpc) is 2.38. The van der Waals surface area contributed by atoms with Crippen LogP contribution in [0.15, 0.2) is 24.3 Å². The second-order valence-corrected chi connectivity index (χ2v) is 7.02. The lowest BCUT2D eigenvalue weighted by Crippen LogP contribution is -2.48. The first-order chi connectivity index (χ1) is 8.88. The average molecular weight is 283 g/mol. The standard InChI is InChI=1S/C13H21N3O2S/c1-11(12-3-5-13(14)6-4-12)15-7-9-16(10-8-15)19(2,17)18/h3-6,11H,7-10,14H2,1-2H3. The van der Waals surface area contributed by atoms with Gasteiger partial charge in [0.05, 0.1) is 6.26 Å². The highest BCUT2D eigenvalue weighted by Crippen LogP contribution is 2.22. The third kappa shape index (κ3) is 3.46. The van der Waals surface area contributed by atoms with Crippen molar-refractivity contribution in [2.24, 2.45) is 0 Å². The fourth-order valence-corrected chi connectivity index (χ4v) is 3.23. The second kappa shape index (κ2) is 5.48. The maximum Gasteiger partial charge on any atom is 0.211 e. The lowest BCUT2D eigenvalue weighted by Gasteiger charge is -2.37. The molecular formula is C13H21N3O2S. The summed E-state index contributed by atoms with van der Waals surface area (Å²) in [6.45, 7) is 4.80. The Morgan fingerprint density at radius 2 is 1.63 bits per heavy atom. The molecule has 1 aliphatic heterocycles. The van der Waals surface area contributed by atoms with Crippen molar-refractivity contribution < 1.29 is 8.42 Å². The Balaban J connectivity index is 1.99. The fraction of sp³-hybridized carbons (Fsp3) is 0.538. The summed E-state index contributed by atoms with van der Waals surface area (Å²) in [5.74, 6) is 0. The first-order valence-corrected chi connectivity index (χ1v) is 8.27. The van der Waals surface area contributed by atoms with Crippen molar-refractivity contribution in [2.45, 2.75) is 13.0 Å². The largest absolute Gasteiger partial charge is 0.399 e. The van der Waals surface area contributed by atoms with Gasteiger partial charge in [-0.05, 0) is 24.6 Å². The van der Waals surface area contributed by atoms with Crippen molar-refractivity contribution in [1.29, 1.82) is 0 Å². The smallest absolute Gasteiger partial charge is 0.211 e. The van der Waals surface area contributed by atoms with Crippen LogP contribution in [0.5, 0.6) is 0 Å². The van der Waals surface area contributed by atoms with Crippen LogP contribution in [0.1, 0.15) is 18.5 Å². The zero-order valence-electron chi connectivity index (χ0n) is 11.4. The van der Waals surface area contributed by atoms with Crippen LogP contribution in [-0.4, -0.2) is 50.1 Å². The van der Waals surface area contributed by atoms with Crippen LogP contribution < -0.4 is 5.73 Å². The predicted octanol–water partition coefficient (Wildman–Crippen LogP) is 0.907. The van der Waals surface area contributed by atoms with Gasteiger partial charge in [0.2, 0.25) is 10.0 Å². The molecule has 0 aromatic heterocycles. The molecule has 0 aliphatic carbocycles. The molecule has 1 atom stereocenters. The summed E-state index contributed by atoms with van der Waals surface area (Å²) in [6.07, 6.45) is 1.27. The van der Waals surface area contributed by atoms with E-state index in [9.17, 15) is 8.42 Å². The van der Waals surface area contributed by atoms with Gasteiger partial charge in [-0.2, -0.15) is 4.31 Å². The normalized spacial score (nSPS) is 20.3. The van der Waals surface area contributed by atoms with Gasteiger partial charge < -0.3 is 5.73 Å². The van der Waals surface area contributed by atoms with E-state index in [1.165, 1.54) is 11.8 Å². The fourth-order valence-electron chi connectivity index (χ4n) is 2.41. The molecule has 2 rings (SSSR count). The Labute approximate surface area is 115 Å². The lowest BCUT2D eigenvalue weighted by atomic mass is 10.1. The molecule has 2 N–H and O–H groups in total. The first kappa shape index (κ1) is 14.3. The maximum absolute atomic E-state index is 11.5. The summed E-state index contributed by atoms with van der Waals surface area (Å²) in [7, 11) is -3.06. The van der Waals surface area contributed by atoms with Crippen molar-refractivity contribution in [1.82, 2.24) is 9.21 Å². The van der Waals surface area contributed by atoms with Crippen LogP contribution in [0, 0.1) is 0 Å². The second-order valence-electron chi connectivity index (χ2n) is 5.04. The molecule has 1 aliphatic rings. The Bertz CT molecular complexity index is 519. The number of rotatable bonds is 3. The number of benzene rings is 1. The van der Waals surface area contributed by atoms with E-state index in [1.54, 1.807) is 4.31 Å². The number of nitrogen functional groups attached to an aromatic ring is 1. The Kier molecular flexibility index (Phi) is 4.13. The molecule has 0 amide bonds. The van der Waals surface area contributed by atoms with E-state index >= 15 is 0 Å². The lowest BCUT2D eigenvalue weighted by molar-refractivity contribution is 0.146. The molecule has 0 bridgehead atoms. The number of nitrogens with two attached hydrogens (primary N) is 1. The van der Waals surface area contributed by atoms with E-state index in [2.05, 4.69) is 11.8 Å². The molecular weight excluding hydrogens is 262 g/mol. The Hall–Kier alpha value is -1.11. The van der Waals surface area contributed by atoms with Crippen LogP contribution in [0.2, 0.25) is 0 Å². The molecule has 0 saturated carbocycles. The summed E-state index contributed by atoms with van der Waals surface area (Å²) in [5, 5.41) is 0. The minimum atomic E-state index is -3.06. The van der Waals surface area contributed by atoms with Crippen molar-refractivity contribution in [3.05, 3.63) is 29.8 Å². The summed E-state index contributed by atoms with van der Waals surface area (Å²) >= 11 is 0.